The van der Waals surface area contributed by atoms with Crippen LogP contribution in [0.25, 0.3) is 0 Å². The number of carboxylic acids is 1. The predicted octanol–water partition coefficient (Wildman–Crippen LogP) is 2.62. The molecule has 1 aliphatic rings. The maximum absolute atomic E-state index is 12.5. The first-order valence-electron chi connectivity index (χ1n) is 8.10. The number of morpholine rings is 1. The fourth-order valence-electron chi connectivity index (χ4n) is 2.81. The number of ether oxygens (including phenoxy) is 1. The van der Waals surface area contributed by atoms with Crippen LogP contribution >= 0.6 is 0 Å². The Hall–Kier alpha value is -1.88. The summed E-state index contributed by atoms with van der Waals surface area (Å²) >= 11 is 0. The van der Waals surface area contributed by atoms with Crippen LogP contribution in [0.2, 0.25) is 0 Å². The number of amides is 1. The molecule has 0 bridgehead atoms. The fourth-order valence-corrected chi connectivity index (χ4v) is 2.81. The zero-order valence-corrected chi connectivity index (χ0v) is 14.0. The van der Waals surface area contributed by atoms with Crippen LogP contribution in [0, 0.1) is 0 Å². The monoisotopic (exact) mass is 319 g/mol. The second kappa shape index (κ2) is 7.59. The third kappa shape index (κ3) is 4.32. The van der Waals surface area contributed by atoms with Gasteiger partial charge in [0, 0.05) is 13.0 Å². The lowest BCUT2D eigenvalue weighted by Gasteiger charge is -2.33. The molecule has 126 valence electrons. The smallest absolute Gasteiger partial charge is 0.328 e. The maximum atomic E-state index is 12.5. The minimum atomic E-state index is -1.01. The van der Waals surface area contributed by atoms with E-state index in [1.54, 1.807) is 0 Å². The molecule has 1 aromatic rings. The molecule has 0 spiro atoms. The van der Waals surface area contributed by atoms with Gasteiger partial charge in [0.1, 0.15) is 0 Å². The average Bonchev–Trinajstić information content (AvgIpc) is 2.54. The van der Waals surface area contributed by atoms with E-state index in [2.05, 4.69) is 38.1 Å². The summed E-state index contributed by atoms with van der Waals surface area (Å²) in [5.41, 5.74) is 2.37. The molecule has 5 heteroatoms. The van der Waals surface area contributed by atoms with Gasteiger partial charge in [-0.25, -0.2) is 4.79 Å². The Balaban J connectivity index is 2.02. The summed E-state index contributed by atoms with van der Waals surface area (Å²) in [6, 6.07) is 7.43. The van der Waals surface area contributed by atoms with E-state index in [0.29, 0.717) is 25.5 Å². The lowest BCUT2D eigenvalue weighted by atomic mass is 9.93. The number of carbonyl (C=O) groups is 2. The van der Waals surface area contributed by atoms with Crippen molar-refractivity contribution >= 4 is 11.9 Å². The highest BCUT2D eigenvalue weighted by atomic mass is 16.5. The maximum Gasteiger partial charge on any atom is 0.328 e. The van der Waals surface area contributed by atoms with E-state index in [1.807, 2.05) is 6.92 Å². The molecule has 1 saturated heterocycles. The topological polar surface area (TPSA) is 66.8 Å². The van der Waals surface area contributed by atoms with E-state index >= 15 is 0 Å². The molecule has 2 atom stereocenters. The predicted molar refractivity (Wildman–Crippen MR) is 87.5 cm³/mol. The van der Waals surface area contributed by atoms with Gasteiger partial charge < -0.3 is 14.7 Å². The number of carboxylic acid groups (broad SMARTS) is 1. The first kappa shape index (κ1) is 17.5. The van der Waals surface area contributed by atoms with Crippen LogP contribution < -0.4 is 0 Å². The molecule has 5 nitrogen and oxygen atoms in total. The molecule has 1 aliphatic heterocycles. The van der Waals surface area contributed by atoms with E-state index in [4.69, 9.17) is 4.74 Å². The number of benzene rings is 1. The number of carbonyl (C=O) groups excluding carboxylic acids is 1. The summed E-state index contributed by atoms with van der Waals surface area (Å²) < 4.78 is 5.17. The Morgan fingerprint density at radius 1 is 1.22 bits per heavy atom. The van der Waals surface area contributed by atoms with Crippen LogP contribution in [0.5, 0.6) is 0 Å². The van der Waals surface area contributed by atoms with Crippen molar-refractivity contribution in [2.45, 2.75) is 45.1 Å². The Bertz CT molecular complexity index is 553. The molecule has 23 heavy (non-hydrogen) atoms. The summed E-state index contributed by atoms with van der Waals surface area (Å²) in [4.78, 5) is 25.2. The quantitative estimate of drug-likeness (QED) is 0.906. The molecule has 2 unspecified atom stereocenters. The standard InChI is InChI=1S/C18H25NO4/c1-12(2)14-4-6-15(7-5-14)13(3)10-17(20)19-8-9-23-11-16(19)18(21)22/h4-7,12-13,16H,8-11H2,1-3H3,(H,21,22). The molecule has 0 saturated carbocycles. The van der Waals surface area contributed by atoms with Gasteiger partial charge in [0.2, 0.25) is 5.91 Å². The van der Waals surface area contributed by atoms with Gasteiger partial charge in [0.15, 0.2) is 6.04 Å². The number of nitrogens with zero attached hydrogens (tertiary/aromatic N) is 1. The SMILES string of the molecule is CC(C)c1ccc(C(C)CC(=O)N2CCOCC2C(=O)O)cc1. The molecule has 2 rings (SSSR count). The van der Waals surface area contributed by atoms with E-state index in [0.717, 1.165) is 5.56 Å². The van der Waals surface area contributed by atoms with Crippen LogP contribution in [0.15, 0.2) is 24.3 Å². The van der Waals surface area contributed by atoms with Gasteiger partial charge in [0.25, 0.3) is 0 Å². The van der Waals surface area contributed by atoms with Crippen molar-refractivity contribution in [1.29, 1.82) is 0 Å². The van der Waals surface area contributed by atoms with Gasteiger partial charge in [0.05, 0.1) is 13.2 Å². The van der Waals surface area contributed by atoms with Crippen molar-refractivity contribution in [2.24, 2.45) is 0 Å². The van der Waals surface area contributed by atoms with Crippen molar-refractivity contribution in [3.63, 3.8) is 0 Å². The highest BCUT2D eigenvalue weighted by molar-refractivity contribution is 5.84. The molecule has 1 aromatic carbocycles. The minimum absolute atomic E-state index is 0.0565. The van der Waals surface area contributed by atoms with E-state index < -0.39 is 12.0 Å². The molecule has 1 N–H and O–H groups in total. The van der Waals surface area contributed by atoms with Crippen molar-refractivity contribution in [3.8, 4) is 0 Å². The zero-order valence-electron chi connectivity index (χ0n) is 14.0. The molecule has 0 aliphatic carbocycles. The van der Waals surface area contributed by atoms with Gasteiger partial charge in [-0.05, 0) is 23.0 Å². The van der Waals surface area contributed by atoms with Crippen molar-refractivity contribution in [2.75, 3.05) is 19.8 Å². The van der Waals surface area contributed by atoms with Crippen molar-refractivity contribution in [3.05, 3.63) is 35.4 Å². The highest BCUT2D eigenvalue weighted by Gasteiger charge is 2.33. The minimum Gasteiger partial charge on any atom is -0.480 e. The Morgan fingerprint density at radius 3 is 2.39 bits per heavy atom. The van der Waals surface area contributed by atoms with Gasteiger partial charge in [-0.15, -0.1) is 0 Å². The van der Waals surface area contributed by atoms with Crippen LogP contribution in [0.3, 0.4) is 0 Å². The lowest BCUT2D eigenvalue weighted by molar-refractivity contribution is -0.158. The van der Waals surface area contributed by atoms with Crippen LogP contribution in [0.4, 0.5) is 0 Å². The normalized spacial score (nSPS) is 19.7. The highest BCUT2D eigenvalue weighted by Crippen LogP contribution is 2.24. The fraction of sp³-hybridized carbons (Fsp3) is 0.556. The molecule has 1 heterocycles. The summed E-state index contributed by atoms with van der Waals surface area (Å²) in [5, 5.41) is 9.22. The first-order chi connectivity index (χ1) is 10.9. The molecule has 1 amide bonds. The summed E-state index contributed by atoms with van der Waals surface area (Å²) in [6.45, 7) is 7.09. The zero-order chi connectivity index (χ0) is 17.0. The summed E-state index contributed by atoms with van der Waals surface area (Å²) in [5.74, 6) is -0.597. The lowest BCUT2D eigenvalue weighted by Crippen LogP contribution is -2.52. The Morgan fingerprint density at radius 2 is 1.83 bits per heavy atom. The number of rotatable bonds is 5. The van der Waals surface area contributed by atoms with Crippen LogP contribution in [-0.4, -0.2) is 47.7 Å². The Labute approximate surface area is 137 Å². The summed E-state index contributed by atoms with van der Waals surface area (Å²) in [6.07, 6.45) is 0.310. The number of aliphatic carboxylic acids is 1. The summed E-state index contributed by atoms with van der Waals surface area (Å²) in [7, 11) is 0. The van der Waals surface area contributed by atoms with E-state index in [9.17, 15) is 14.7 Å². The number of hydrogen-bond donors (Lipinski definition) is 1. The first-order valence-corrected chi connectivity index (χ1v) is 8.10. The molecular formula is C18H25NO4. The largest absolute Gasteiger partial charge is 0.480 e. The van der Waals surface area contributed by atoms with E-state index in [1.165, 1.54) is 10.5 Å². The molecule has 0 aromatic heterocycles. The molecular weight excluding hydrogens is 294 g/mol. The second-order valence-electron chi connectivity index (χ2n) is 6.44. The van der Waals surface area contributed by atoms with E-state index in [-0.39, 0.29) is 18.4 Å². The van der Waals surface area contributed by atoms with Gasteiger partial charge in [-0.1, -0.05) is 45.0 Å². The third-order valence-electron chi connectivity index (χ3n) is 4.39. The van der Waals surface area contributed by atoms with Crippen molar-refractivity contribution in [1.82, 2.24) is 4.90 Å². The van der Waals surface area contributed by atoms with Gasteiger partial charge in [-0.2, -0.15) is 0 Å². The molecule has 1 fully saturated rings. The number of hydrogen-bond acceptors (Lipinski definition) is 3. The third-order valence-corrected chi connectivity index (χ3v) is 4.39. The van der Waals surface area contributed by atoms with Gasteiger partial charge in [-0.3, -0.25) is 4.79 Å². The Kier molecular flexibility index (Phi) is 5.77. The molecule has 0 radical (unpaired) electrons. The average molecular weight is 319 g/mol. The van der Waals surface area contributed by atoms with Crippen LogP contribution in [0.1, 0.15) is 50.2 Å². The second-order valence-corrected chi connectivity index (χ2v) is 6.44. The van der Waals surface area contributed by atoms with Gasteiger partial charge >= 0.3 is 5.97 Å². The van der Waals surface area contributed by atoms with Crippen LogP contribution in [-0.2, 0) is 14.3 Å². The van der Waals surface area contributed by atoms with Crippen molar-refractivity contribution < 1.29 is 19.4 Å².